The average Bonchev–Trinajstić information content (AvgIpc) is 2.45. The van der Waals surface area contributed by atoms with Crippen LogP contribution in [0.3, 0.4) is 0 Å². The molecule has 1 aromatic heterocycles. The van der Waals surface area contributed by atoms with Crippen molar-refractivity contribution in [3.63, 3.8) is 0 Å². The molecule has 0 aromatic carbocycles. The van der Waals surface area contributed by atoms with Crippen LogP contribution in [0.5, 0.6) is 6.01 Å². The van der Waals surface area contributed by atoms with Crippen molar-refractivity contribution in [2.45, 2.75) is 39.3 Å². The number of rotatable bonds is 5. The van der Waals surface area contributed by atoms with E-state index in [0.717, 1.165) is 0 Å². The van der Waals surface area contributed by atoms with Crippen molar-refractivity contribution in [3.05, 3.63) is 0 Å². The summed E-state index contributed by atoms with van der Waals surface area (Å²) in [5, 5.41) is 2.83. The predicted octanol–water partition coefficient (Wildman–Crippen LogP) is -0.341. The molecule has 0 radical (unpaired) electrons. The van der Waals surface area contributed by atoms with Crippen LogP contribution in [-0.4, -0.2) is 46.1 Å². The second kappa shape index (κ2) is 6.53. The number of aromatic nitrogens is 3. The van der Waals surface area contributed by atoms with Gasteiger partial charge in [0.15, 0.2) is 0 Å². The first-order valence-electron chi connectivity index (χ1n) is 6.98. The third-order valence-electron chi connectivity index (χ3n) is 3.05. The molecule has 21 heavy (non-hydrogen) atoms. The number of ether oxygens (including phenoxy) is 1. The van der Waals surface area contributed by atoms with Gasteiger partial charge in [-0.3, -0.25) is 10.2 Å². The summed E-state index contributed by atoms with van der Waals surface area (Å²) in [6.45, 7) is 6.87. The Morgan fingerprint density at radius 2 is 2.24 bits per heavy atom. The maximum atomic E-state index is 11.9. The first kappa shape index (κ1) is 15.2. The Morgan fingerprint density at radius 3 is 2.86 bits per heavy atom. The van der Waals surface area contributed by atoms with E-state index < -0.39 is 0 Å². The molecule has 0 bridgehead atoms. The smallest absolute Gasteiger partial charge is 0.323 e. The summed E-state index contributed by atoms with van der Waals surface area (Å²) in [4.78, 5) is 26.3. The molecule has 9 nitrogen and oxygen atoms in total. The average molecular weight is 295 g/mol. The van der Waals surface area contributed by atoms with Gasteiger partial charge in [-0.25, -0.2) is 5.84 Å². The van der Waals surface area contributed by atoms with Gasteiger partial charge in [0.1, 0.15) is 6.04 Å². The predicted molar refractivity (Wildman–Crippen MR) is 77.8 cm³/mol. The Balaban J connectivity index is 2.34. The second-order valence-electron chi connectivity index (χ2n) is 4.96. The lowest BCUT2D eigenvalue weighted by atomic mass is 10.1. The van der Waals surface area contributed by atoms with E-state index in [1.165, 1.54) is 0 Å². The number of anilines is 2. The van der Waals surface area contributed by atoms with Crippen molar-refractivity contribution < 1.29 is 9.53 Å². The van der Waals surface area contributed by atoms with Crippen LogP contribution < -0.4 is 26.2 Å². The normalized spacial score (nSPS) is 18.6. The molecule has 1 fully saturated rings. The highest BCUT2D eigenvalue weighted by molar-refractivity contribution is 5.85. The van der Waals surface area contributed by atoms with Gasteiger partial charge in [-0.05, 0) is 20.3 Å². The van der Waals surface area contributed by atoms with E-state index in [1.807, 2.05) is 25.7 Å². The fraction of sp³-hybridized carbons (Fsp3) is 0.667. The van der Waals surface area contributed by atoms with Crippen LogP contribution in [0.25, 0.3) is 0 Å². The highest BCUT2D eigenvalue weighted by Gasteiger charge is 2.30. The summed E-state index contributed by atoms with van der Waals surface area (Å²) in [5.41, 5.74) is 2.39. The zero-order chi connectivity index (χ0) is 15.4. The minimum atomic E-state index is -0.307. The van der Waals surface area contributed by atoms with Crippen LogP contribution in [0.15, 0.2) is 0 Å². The van der Waals surface area contributed by atoms with E-state index in [2.05, 4.69) is 25.7 Å². The van der Waals surface area contributed by atoms with Crippen molar-refractivity contribution in [2.75, 3.05) is 23.4 Å². The Labute approximate surface area is 123 Å². The number of nitrogens with one attached hydrogen (secondary N) is 2. The second-order valence-corrected chi connectivity index (χ2v) is 4.96. The molecular formula is C12H21N7O2. The van der Waals surface area contributed by atoms with Gasteiger partial charge in [-0.1, -0.05) is 6.92 Å². The van der Waals surface area contributed by atoms with E-state index in [0.29, 0.717) is 25.5 Å². The molecule has 2 rings (SSSR count). The molecule has 0 spiro atoms. The van der Waals surface area contributed by atoms with Crippen LogP contribution >= 0.6 is 0 Å². The van der Waals surface area contributed by atoms with Crippen LogP contribution in [-0.2, 0) is 4.79 Å². The topological polar surface area (TPSA) is 118 Å². The van der Waals surface area contributed by atoms with E-state index >= 15 is 0 Å². The Morgan fingerprint density at radius 1 is 1.48 bits per heavy atom. The highest BCUT2D eigenvalue weighted by atomic mass is 16.5. The van der Waals surface area contributed by atoms with E-state index in [-0.39, 0.29) is 30.0 Å². The fourth-order valence-electron chi connectivity index (χ4n) is 2.16. The van der Waals surface area contributed by atoms with Crippen molar-refractivity contribution >= 4 is 17.8 Å². The summed E-state index contributed by atoms with van der Waals surface area (Å²) < 4.78 is 5.50. The molecule has 1 atom stereocenters. The third-order valence-corrected chi connectivity index (χ3v) is 3.05. The van der Waals surface area contributed by atoms with Gasteiger partial charge in [-0.2, -0.15) is 15.0 Å². The van der Waals surface area contributed by atoms with E-state index in [4.69, 9.17) is 10.6 Å². The van der Waals surface area contributed by atoms with Crippen molar-refractivity contribution in [1.82, 2.24) is 20.3 Å². The van der Waals surface area contributed by atoms with Crippen molar-refractivity contribution in [1.29, 1.82) is 0 Å². The summed E-state index contributed by atoms with van der Waals surface area (Å²) in [6.07, 6.45) is 0.584. The summed E-state index contributed by atoms with van der Waals surface area (Å²) in [5.74, 6) is 5.95. The number of hydrazine groups is 1. The lowest BCUT2D eigenvalue weighted by Gasteiger charge is -2.34. The molecule has 1 saturated heterocycles. The number of hydrogen-bond acceptors (Lipinski definition) is 8. The van der Waals surface area contributed by atoms with Gasteiger partial charge in [-0.15, -0.1) is 0 Å². The SMILES string of the molecule is CCC1C(=O)NCCN1c1nc(NN)nc(OC(C)C)n1. The first-order valence-corrected chi connectivity index (χ1v) is 6.98. The number of hydrogen-bond donors (Lipinski definition) is 3. The standard InChI is InChI=1S/C12H21N7O2/c1-4-8-9(20)14-5-6-19(8)11-15-10(18-13)16-12(17-11)21-7(2)3/h7-8H,4-6,13H2,1-3H3,(H,14,20)(H,15,16,17,18). The number of nitrogens with zero attached hydrogens (tertiary/aromatic N) is 4. The number of piperazine rings is 1. The van der Waals surface area contributed by atoms with Crippen LogP contribution in [0.1, 0.15) is 27.2 Å². The van der Waals surface area contributed by atoms with Gasteiger partial charge in [0.2, 0.25) is 17.8 Å². The number of nitrogens with two attached hydrogens (primary N) is 1. The molecule has 116 valence electrons. The largest absolute Gasteiger partial charge is 0.461 e. The lowest BCUT2D eigenvalue weighted by molar-refractivity contribution is -0.123. The number of carbonyl (C=O) groups excluding carboxylic acids is 1. The van der Waals surface area contributed by atoms with Crippen LogP contribution in [0, 0.1) is 0 Å². The number of carbonyl (C=O) groups is 1. The molecule has 1 unspecified atom stereocenters. The van der Waals surface area contributed by atoms with E-state index in [1.54, 1.807) is 0 Å². The quantitative estimate of drug-likeness (QED) is 0.498. The molecule has 0 aliphatic carbocycles. The molecule has 2 heterocycles. The minimum absolute atomic E-state index is 0.0299. The minimum Gasteiger partial charge on any atom is -0.461 e. The number of amides is 1. The van der Waals surface area contributed by atoms with Crippen molar-refractivity contribution in [2.24, 2.45) is 5.84 Å². The summed E-state index contributed by atoms with van der Waals surface area (Å²) in [6, 6.07) is -0.123. The Bertz CT molecular complexity index is 508. The number of nitrogen functional groups attached to an aromatic ring is 1. The maximum Gasteiger partial charge on any atom is 0.323 e. The molecule has 1 aliphatic heterocycles. The van der Waals surface area contributed by atoms with Crippen molar-refractivity contribution in [3.8, 4) is 6.01 Å². The molecule has 1 amide bonds. The highest BCUT2D eigenvalue weighted by Crippen LogP contribution is 2.20. The van der Waals surface area contributed by atoms with E-state index in [9.17, 15) is 4.79 Å². The van der Waals surface area contributed by atoms with Gasteiger partial charge >= 0.3 is 6.01 Å². The molecular weight excluding hydrogens is 274 g/mol. The molecule has 1 aromatic rings. The molecule has 9 heteroatoms. The maximum absolute atomic E-state index is 11.9. The zero-order valence-corrected chi connectivity index (χ0v) is 12.5. The van der Waals surface area contributed by atoms with Gasteiger partial charge < -0.3 is 15.0 Å². The monoisotopic (exact) mass is 295 g/mol. The van der Waals surface area contributed by atoms with Crippen LogP contribution in [0.4, 0.5) is 11.9 Å². The first-order chi connectivity index (χ1) is 10.0. The lowest BCUT2D eigenvalue weighted by Crippen LogP contribution is -2.55. The molecule has 4 N–H and O–H groups in total. The summed E-state index contributed by atoms with van der Waals surface area (Å²) in [7, 11) is 0. The summed E-state index contributed by atoms with van der Waals surface area (Å²) >= 11 is 0. The Hall–Kier alpha value is -2.16. The zero-order valence-electron chi connectivity index (χ0n) is 12.5. The molecule has 0 saturated carbocycles. The molecule has 1 aliphatic rings. The van der Waals surface area contributed by atoms with Gasteiger partial charge in [0.25, 0.3) is 0 Å². The van der Waals surface area contributed by atoms with Gasteiger partial charge in [0.05, 0.1) is 6.10 Å². The Kier molecular flexibility index (Phi) is 4.73. The van der Waals surface area contributed by atoms with Gasteiger partial charge in [0, 0.05) is 13.1 Å². The fourth-order valence-corrected chi connectivity index (χ4v) is 2.16. The third kappa shape index (κ3) is 3.48. The van der Waals surface area contributed by atoms with Crippen LogP contribution in [0.2, 0.25) is 0 Å².